The fourth-order valence-electron chi connectivity index (χ4n) is 9.59. The molecular weight excluding hydrogens is 908 g/mol. The zero-order valence-electron chi connectivity index (χ0n) is 42.9. The SMILES string of the molecule is Cc1cc(C(C)(C)C)cc(CC(=O)O)c1-c1c2nc(c(-c3ccc(C(C)(C)C)cc3)c3ccc([n-]3)c(-c3ccc(C(C)(C)C)cc3)c3nc(c(-c4ccc(C(C)(C)C)cc4)c4ccc1[n-]4)C=C3)C=C2.[Cu+2]. The van der Waals surface area contributed by atoms with Crippen molar-refractivity contribution >= 4 is 52.3 Å². The van der Waals surface area contributed by atoms with E-state index in [-0.39, 0.29) is 45.1 Å². The molecule has 2 aliphatic heterocycles. The van der Waals surface area contributed by atoms with Crippen molar-refractivity contribution in [2.24, 2.45) is 0 Å². The number of carbonyl (C=O) groups is 1. The van der Waals surface area contributed by atoms with Crippen LogP contribution in [0.2, 0.25) is 0 Å². The zero-order chi connectivity index (χ0) is 49.4. The summed E-state index contributed by atoms with van der Waals surface area (Å²) in [6.07, 6.45) is 8.19. The van der Waals surface area contributed by atoms with E-state index in [2.05, 4.69) is 224 Å². The molecule has 0 fully saturated rings. The molecule has 8 bridgehead atoms. The summed E-state index contributed by atoms with van der Waals surface area (Å²) in [7, 11) is 0. The third-order valence-electron chi connectivity index (χ3n) is 13.6. The molecule has 9 rings (SSSR count). The number of nitrogens with zero attached hydrogens (tertiary/aromatic N) is 4. The number of carboxylic acid groups (broad SMARTS) is 1. The van der Waals surface area contributed by atoms with Gasteiger partial charge in [-0.15, -0.1) is 22.1 Å². The zero-order valence-corrected chi connectivity index (χ0v) is 43.8. The standard InChI is InChI=1S/C63H65N4O2.Cu/c1-37-34-45(63(11,12)13)35-41(36-54(68)69)55(37)59-52-32-30-50(66-52)57(39-16-22-43(23-17-39)61(5,6)7)48-28-26-46(64-48)56(38-14-20-42(21-15-38)60(2,3)4)47-27-29-49(65-47)58(51-31-33-53(59)67-51)40-18-24-44(25-19-40)62(8,9)10;/h14-35H,36H2,1-13H3,(H2-,64,65,66,67,68,69);/q-1;+2/p-1. The molecule has 0 spiro atoms. The minimum atomic E-state index is -0.899. The van der Waals surface area contributed by atoms with Gasteiger partial charge in [-0.2, -0.15) is 0 Å². The Morgan fingerprint density at radius 1 is 0.429 bits per heavy atom. The van der Waals surface area contributed by atoms with Gasteiger partial charge in [-0.05, 0) is 131 Å². The van der Waals surface area contributed by atoms with Crippen LogP contribution >= 0.6 is 0 Å². The second-order valence-electron chi connectivity index (χ2n) is 23.0. The molecule has 0 saturated carbocycles. The number of fused-ring (bicyclic) bond motifs is 8. The van der Waals surface area contributed by atoms with Gasteiger partial charge >= 0.3 is 23.0 Å². The number of aliphatic carboxylic acids is 1. The van der Waals surface area contributed by atoms with Crippen molar-refractivity contribution in [2.75, 3.05) is 0 Å². The number of carboxylic acids is 1. The number of aryl methyl sites for hydroxylation is 1. The first-order chi connectivity index (χ1) is 32.4. The van der Waals surface area contributed by atoms with Gasteiger partial charge in [-0.1, -0.05) is 192 Å². The van der Waals surface area contributed by atoms with E-state index < -0.39 is 5.97 Å². The molecular formula is C63H64CuN4O2. The molecule has 2 aliphatic rings. The largest absolute Gasteiger partial charge is 2.00 e. The Kier molecular flexibility index (Phi) is 13.1. The van der Waals surface area contributed by atoms with E-state index in [1.807, 2.05) is 0 Å². The molecule has 6 nitrogen and oxygen atoms in total. The molecule has 1 radical (unpaired) electrons. The molecule has 1 N–H and O–H groups in total. The molecule has 0 unspecified atom stereocenters. The maximum absolute atomic E-state index is 12.8. The Hall–Kier alpha value is -6.53. The normalized spacial score (nSPS) is 12.9. The summed E-state index contributed by atoms with van der Waals surface area (Å²) < 4.78 is 0. The summed E-state index contributed by atoms with van der Waals surface area (Å²) in [5.74, 6) is -0.899. The van der Waals surface area contributed by atoms with Crippen LogP contribution in [0.1, 0.15) is 139 Å². The first kappa shape index (κ1) is 49.9. The molecule has 70 heavy (non-hydrogen) atoms. The van der Waals surface area contributed by atoms with Gasteiger partial charge < -0.3 is 15.1 Å². The van der Waals surface area contributed by atoms with E-state index >= 15 is 0 Å². The number of rotatable bonds is 6. The average Bonchev–Trinajstić information content (AvgIpc) is 4.12. The fourth-order valence-corrected chi connectivity index (χ4v) is 9.59. The van der Waals surface area contributed by atoms with Gasteiger partial charge in [-0.25, -0.2) is 9.97 Å². The third-order valence-corrected chi connectivity index (χ3v) is 13.6. The van der Waals surface area contributed by atoms with Crippen LogP contribution in [-0.4, -0.2) is 21.0 Å². The van der Waals surface area contributed by atoms with E-state index in [1.165, 1.54) is 16.7 Å². The van der Waals surface area contributed by atoms with Gasteiger partial charge in [0.25, 0.3) is 0 Å². The fraction of sp³-hybridized carbons (Fsp3) is 0.286. The monoisotopic (exact) mass is 971 g/mol. The van der Waals surface area contributed by atoms with E-state index in [1.54, 1.807) is 0 Å². The smallest absolute Gasteiger partial charge is 0.657 e. The van der Waals surface area contributed by atoms with Crippen LogP contribution in [-0.2, 0) is 49.9 Å². The molecule has 0 saturated heterocycles. The second kappa shape index (κ2) is 18.3. The summed E-state index contributed by atoms with van der Waals surface area (Å²) in [4.78, 5) is 34.8. The number of aromatic nitrogens is 4. The quantitative estimate of drug-likeness (QED) is 0.167. The van der Waals surface area contributed by atoms with Gasteiger partial charge in [0.2, 0.25) is 0 Å². The second-order valence-corrected chi connectivity index (χ2v) is 23.0. The topological polar surface area (TPSA) is 91.3 Å². The minimum Gasteiger partial charge on any atom is -0.657 e. The molecule has 0 aliphatic carbocycles. The van der Waals surface area contributed by atoms with Crippen LogP contribution in [0, 0.1) is 6.92 Å². The Bertz CT molecular complexity index is 3340. The predicted octanol–water partition coefficient (Wildman–Crippen LogP) is 15.7. The van der Waals surface area contributed by atoms with Gasteiger partial charge in [0, 0.05) is 0 Å². The number of hydrogen-bond acceptors (Lipinski definition) is 3. The maximum atomic E-state index is 12.8. The molecule has 3 aromatic heterocycles. The summed E-state index contributed by atoms with van der Waals surface area (Å²) in [6, 6.07) is 39.0. The Morgan fingerprint density at radius 2 is 0.729 bits per heavy atom. The first-order valence-electron chi connectivity index (χ1n) is 24.2. The molecule has 7 aromatic rings. The first-order valence-corrected chi connectivity index (χ1v) is 24.2. The van der Waals surface area contributed by atoms with Crippen molar-refractivity contribution in [2.45, 2.75) is 118 Å². The van der Waals surface area contributed by atoms with Gasteiger partial charge in [0.05, 0.1) is 29.2 Å². The summed E-state index contributed by atoms with van der Waals surface area (Å²) >= 11 is 0. The van der Waals surface area contributed by atoms with E-state index in [0.717, 1.165) is 94.8 Å². The summed E-state index contributed by atoms with van der Waals surface area (Å²) in [6.45, 7) is 28.6. The van der Waals surface area contributed by atoms with Crippen molar-refractivity contribution in [3.05, 3.63) is 165 Å². The van der Waals surface area contributed by atoms with Crippen molar-refractivity contribution in [1.29, 1.82) is 0 Å². The Morgan fingerprint density at radius 3 is 1.03 bits per heavy atom. The van der Waals surface area contributed by atoms with Crippen LogP contribution in [0.25, 0.3) is 90.9 Å². The van der Waals surface area contributed by atoms with Crippen LogP contribution in [0.15, 0.2) is 109 Å². The van der Waals surface area contributed by atoms with E-state index in [0.29, 0.717) is 11.2 Å². The van der Waals surface area contributed by atoms with Crippen LogP contribution in [0.3, 0.4) is 0 Å². The molecule has 7 heteroatoms. The predicted molar refractivity (Wildman–Crippen MR) is 289 cm³/mol. The minimum absolute atomic E-state index is 0. The maximum Gasteiger partial charge on any atom is 2.00 e. The average molecular weight is 973 g/mol. The summed E-state index contributed by atoms with van der Waals surface area (Å²) in [5, 5.41) is 10.5. The van der Waals surface area contributed by atoms with Crippen molar-refractivity contribution < 1.29 is 27.0 Å². The van der Waals surface area contributed by atoms with Crippen LogP contribution in [0.4, 0.5) is 0 Å². The third kappa shape index (κ3) is 9.80. The Labute approximate surface area is 425 Å². The van der Waals surface area contributed by atoms with Crippen molar-refractivity contribution in [3.63, 3.8) is 0 Å². The number of benzene rings is 4. The van der Waals surface area contributed by atoms with Gasteiger partial charge in [-0.3, -0.25) is 4.79 Å². The van der Waals surface area contributed by atoms with Gasteiger partial charge in [0.15, 0.2) is 0 Å². The molecule has 5 heterocycles. The van der Waals surface area contributed by atoms with Gasteiger partial charge in [0.1, 0.15) is 0 Å². The van der Waals surface area contributed by atoms with E-state index in [9.17, 15) is 9.90 Å². The Balaban J connectivity index is 0.00000659. The van der Waals surface area contributed by atoms with Crippen molar-refractivity contribution in [3.8, 4) is 44.5 Å². The molecule has 0 amide bonds. The molecule has 359 valence electrons. The van der Waals surface area contributed by atoms with Crippen LogP contribution < -0.4 is 9.97 Å². The van der Waals surface area contributed by atoms with Crippen molar-refractivity contribution in [1.82, 2.24) is 19.9 Å². The molecule has 0 atom stereocenters. The number of hydrogen-bond donors (Lipinski definition) is 1. The van der Waals surface area contributed by atoms with Crippen LogP contribution in [0.5, 0.6) is 0 Å². The summed E-state index contributed by atoms with van der Waals surface area (Å²) in [5.41, 5.74) is 19.7. The molecule has 4 aromatic carbocycles. The van der Waals surface area contributed by atoms with E-state index in [4.69, 9.17) is 19.9 Å².